The molecule has 0 spiro atoms. The van der Waals surface area contributed by atoms with E-state index >= 15 is 0 Å². The fourth-order valence-corrected chi connectivity index (χ4v) is 5.30. The van der Waals surface area contributed by atoms with E-state index in [-0.39, 0.29) is 12.0 Å². The first kappa shape index (κ1) is 27.8. The normalized spacial score (nSPS) is 16.6. The van der Waals surface area contributed by atoms with Crippen LogP contribution in [-0.2, 0) is 22.4 Å². The van der Waals surface area contributed by atoms with E-state index in [4.69, 9.17) is 14.5 Å². The van der Waals surface area contributed by atoms with Crippen LogP contribution in [0, 0.1) is 11.3 Å². The summed E-state index contributed by atoms with van der Waals surface area (Å²) in [5.41, 5.74) is 4.16. The lowest BCUT2D eigenvalue weighted by Gasteiger charge is -2.37. The zero-order valence-electron chi connectivity index (χ0n) is 23.4. The summed E-state index contributed by atoms with van der Waals surface area (Å²) in [5.74, 6) is 1.46. The molecule has 0 saturated carbocycles. The third kappa shape index (κ3) is 7.04. The first-order valence-electron chi connectivity index (χ1n) is 14.2. The van der Waals surface area contributed by atoms with Crippen LogP contribution in [0.3, 0.4) is 0 Å². The van der Waals surface area contributed by atoms with E-state index in [0.29, 0.717) is 49.2 Å². The summed E-state index contributed by atoms with van der Waals surface area (Å²) < 4.78 is 11.5. The van der Waals surface area contributed by atoms with E-state index in [9.17, 15) is 10.1 Å². The van der Waals surface area contributed by atoms with Gasteiger partial charge in [-0.2, -0.15) is 5.26 Å². The Morgan fingerprint density at radius 1 is 1.07 bits per heavy atom. The second-order valence-corrected chi connectivity index (χ2v) is 10.8. The molecule has 5 rings (SSSR count). The summed E-state index contributed by atoms with van der Waals surface area (Å²) >= 11 is 0. The fourth-order valence-electron chi connectivity index (χ4n) is 5.30. The molecule has 2 saturated heterocycles. The zero-order chi connectivity index (χ0) is 27.9. The lowest BCUT2D eigenvalue weighted by molar-refractivity contribution is -0.132. The summed E-state index contributed by atoms with van der Waals surface area (Å²) in [6.45, 7) is 9.20. The van der Waals surface area contributed by atoms with Crippen molar-refractivity contribution in [2.45, 2.75) is 51.7 Å². The van der Waals surface area contributed by atoms with Crippen molar-refractivity contribution < 1.29 is 14.3 Å². The van der Waals surface area contributed by atoms with Gasteiger partial charge in [-0.15, -0.1) is 0 Å². The molecule has 0 atom stereocenters. The number of hydrogen-bond donors (Lipinski definition) is 0. The predicted octanol–water partition coefficient (Wildman–Crippen LogP) is 4.26. The molecule has 1 amide bonds. The average Bonchev–Trinajstić information content (AvgIpc) is 2.98. The number of piperazine rings is 1. The van der Waals surface area contributed by atoms with Crippen LogP contribution in [0.2, 0.25) is 0 Å². The van der Waals surface area contributed by atoms with Gasteiger partial charge >= 0.3 is 0 Å². The zero-order valence-corrected chi connectivity index (χ0v) is 23.4. The van der Waals surface area contributed by atoms with Gasteiger partial charge < -0.3 is 14.4 Å². The molecule has 1 aromatic heterocycles. The molecule has 208 valence electrons. The van der Waals surface area contributed by atoms with Crippen molar-refractivity contribution >= 4 is 5.91 Å². The molecule has 2 aromatic carbocycles. The number of rotatable bonds is 8. The van der Waals surface area contributed by atoms with Gasteiger partial charge in [-0.3, -0.25) is 9.69 Å². The van der Waals surface area contributed by atoms with Crippen LogP contribution in [0.4, 0.5) is 0 Å². The summed E-state index contributed by atoms with van der Waals surface area (Å²) in [6, 6.07) is 18.4. The Bertz CT molecular complexity index is 1350. The van der Waals surface area contributed by atoms with Crippen LogP contribution < -0.4 is 4.74 Å². The maximum Gasteiger partial charge on any atom is 0.227 e. The van der Waals surface area contributed by atoms with E-state index in [0.717, 1.165) is 61.4 Å². The van der Waals surface area contributed by atoms with Crippen LogP contribution in [-0.4, -0.2) is 77.2 Å². The van der Waals surface area contributed by atoms with E-state index in [1.54, 1.807) is 6.20 Å². The molecule has 0 bridgehead atoms. The molecule has 2 fully saturated rings. The highest BCUT2D eigenvalue weighted by molar-refractivity contribution is 5.79. The van der Waals surface area contributed by atoms with Gasteiger partial charge in [0.1, 0.15) is 23.7 Å². The highest BCUT2D eigenvalue weighted by Gasteiger charge is 2.22. The Hall–Kier alpha value is -3.80. The van der Waals surface area contributed by atoms with Crippen molar-refractivity contribution in [2.75, 3.05) is 39.4 Å². The molecular weight excluding hydrogens is 502 g/mol. The van der Waals surface area contributed by atoms with Gasteiger partial charge in [0, 0.05) is 63.2 Å². The minimum absolute atomic E-state index is 0.0681. The third-order valence-electron chi connectivity index (χ3n) is 7.67. The van der Waals surface area contributed by atoms with Gasteiger partial charge in [0.05, 0.1) is 30.9 Å². The molecule has 2 aliphatic rings. The second-order valence-electron chi connectivity index (χ2n) is 10.8. The van der Waals surface area contributed by atoms with E-state index < -0.39 is 0 Å². The molecule has 0 unspecified atom stereocenters. The van der Waals surface area contributed by atoms with Crippen LogP contribution >= 0.6 is 0 Å². The standard InChI is InChI=1S/C32H37N5O3/c1-23(2)36-12-14-37(15-13-36)32(38)20-25-5-3-4-24(18-25)19-31-34-11-8-29(35-31)26-6-7-30(27(21-26)22-33)40-28-9-16-39-17-10-28/h3-8,11,18,21,23,28H,9-10,12-17,19-20H2,1-2H3. The lowest BCUT2D eigenvalue weighted by Crippen LogP contribution is -2.51. The lowest BCUT2D eigenvalue weighted by atomic mass is 10.0. The van der Waals surface area contributed by atoms with E-state index in [1.807, 2.05) is 47.4 Å². The monoisotopic (exact) mass is 539 g/mol. The van der Waals surface area contributed by atoms with Crippen LogP contribution in [0.1, 0.15) is 49.2 Å². The highest BCUT2D eigenvalue weighted by Crippen LogP contribution is 2.28. The van der Waals surface area contributed by atoms with Gasteiger partial charge in [-0.25, -0.2) is 9.97 Å². The summed E-state index contributed by atoms with van der Waals surface area (Å²) in [4.78, 5) is 26.6. The SMILES string of the molecule is CC(C)N1CCN(C(=O)Cc2cccc(Cc3nccc(-c4ccc(OC5CCOCC5)c(C#N)c4)n3)c2)CC1. The van der Waals surface area contributed by atoms with E-state index in [2.05, 4.69) is 35.9 Å². The molecule has 0 radical (unpaired) electrons. The molecule has 2 aliphatic heterocycles. The quantitative estimate of drug-likeness (QED) is 0.422. The largest absolute Gasteiger partial charge is 0.489 e. The van der Waals surface area contributed by atoms with Gasteiger partial charge in [0.25, 0.3) is 0 Å². The Balaban J connectivity index is 1.23. The number of nitrogens with zero attached hydrogens (tertiary/aromatic N) is 5. The molecule has 8 nitrogen and oxygen atoms in total. The first-order chi connectivity index (χ1) is 19.5. The first-order valence-corrected chi connectivity index (χ1v) is 14.2. The Labute approximate surface area is 236 Å². The minimum Gasteiger partial charge on any atom is -0.489 e. The maximum absolute atomic E-state index is 12.9. The summed E-state index contributed by atoms with van der Waals surface area (Å²) in [7, 11) is 0. The van der Waals surface area contributed by atoms with Gasteiger partial charge in [-0.1, -0.05) is 24.3 Å². The van der Waals surface area contributed by atoms with Crippen molar-refractivity contribution in [3.63, 3.8) is 0 Å². The predicted molar refractivity (Wildman–Crippen MR) is 153 cm³/mol. The van der Waals surface area contributed by atoms with Gasteiger partial charge in [-0.05, 0) is 49.2 Å². The molecule has 3 aromatic rings. The molecule has 0 N–H and O–H groups in total. The second kappa shape index (κ2) is 13.0. The Morgan fingerprint density at radius 3 is 2.60 bits per heavy atom. The molecule has 3 heterocycles. The number of hydrogen-bond acceptors (Lipinski definition) is 7. The summed E-state index contributed by atoms with van der Waals surface area (Å²) in [6.07, 6.45) is 4.42. The highest BCUT2D eigenvalue weighted by atomic mass is 16.5. The number of aromatic nitrogens is 2. The van der Waals surface area contributed by atoms with Crippen molar-refractivity contribution in [3.8, 4) is 23.1 Å². The molecule has 40 heavy (non-hydrogen) atoms. The van der Waals surface area contributed by atoms with E-state index in [1.165, 1.54) is 0 Å². The number of ether oxygens (including phenoxy) is 2. The molecular formula is C32H37N5O3. The smallest absolute Gasteiger partial charge is 0.227 e. The molecule has 0 aliphatic carbocycles. The van der Waals surface area contributed by atoms with Crippen LogP contribution in [0.15, 0.2) is 54.7 Å². The number of carbonyl (C=O) groups excluding carboxylic acids is 1. The third-order valence-corrected chi connectivity index (χ3v) is 7.67. The van der Waals surface area contributed by atoms with Crippen LogP contribution in [0.25, 0.3) is 11.3 Å². The average molecular weight is 540 g/mol. The number of carbonyl (C=O) groups is 1. The van der Waals surface area contributed by atoms with Crippen molar-refractivity contribution in [1.82, 2.24) is 19.8 Å². The maximum atomic E-state index is 12.9. The van der Waals surface area contributed by atoms with Crippen molar-refractivity contribution in [1.29, 1.82) is 5.26 Å². The minimum atomic E-state index is 0.0681. The number of benzene rings is 2. The van der Waals surface area contributed by atoms with Crippen molar-refractivity contribution in [2.24, 2.45) is 0 Å². The van der Waals surface area contributed by atoms with Gasteiger partial charge in [0.15, 0.2) is 0 Å². The number of amides is 1. The van der Waals surface area contributed by atoms with Gasteiger partial charge in [0.2, 0.25) is 5.91 Å². The van der Waals surface area contributed by atoms with Crippen LogP contribution in [0.5, 0.6) is 5.75 Å². The topological polar surface area (TPSA) is 91.6 Å². The Kier molecular flexibility index (Phi) is 9.04. The fraction of sp³-hybridized carbons (Fsp3) is 0.438. The summed E-state index contributed by atoms with van der Waals surface area (Å²) in [5, 5.41) is 9.76. The van der Waals surface area contributed by atoms with Crippen molar-refractivity contribution in [3.05, 3.63) is 77.2 Å². The Morgan fingerprint density at radius 2 is 1.85 bits per heavy atom. The number of nitriles is 1. The molecule has 8 heteroatoms.